The molecule has 0 bridgehead atoms. The Morgan fingerprint density at radius 3 is 2.64 bits per heavy atom. The van der Waals surface area contributed by atoms with E-state index in [1.165, 1.54) is 30.1 Å². The van der Waals surface area contributed by atoms with E-state index in [0.717, 1.165) is 0 Å². The number of carbonyl (C=O) groups excluding carboxylic acids is 3. The van der Waals surface area contributed by atoms with Gasteiger partial charge in [0.1, 0.15) is 61.6 Å². The summed E-state index contributed by atoms with van der Waals surface area (Å²) in [5, 5.41) is 12.4. The van der Waals surface area contributed by atoms with Crippen molar-refractivity contribution in [1.29, 1.82) is 0 Å². The van der Waals surface area contributed by atoms with Gasteiger partial charge in [-0.25, -0.2) is 18.8 Å². The van der Waals surface area contributed by atoms with Crippen LogP contribution >= 0.6 is 23.0 Å². The molecular weight excluding hydrogens is 941 g/mol. The number of ketones is 1. The van der Waals surface area contributed by atoms with Gasteiger partial charge in [0.25, 0.3) is 5.91 Å². The lowest BCUT2D eigenvalue weighted by molar-refractivity contribution is -0.126. The van der Waals surface area contributed by atoms with Gasteiger partial charge in [0.15, 0.2) is 12.1 Å². The first-order valence-corrected chi connectivity index (χ1v) is 24.3. The summed E-state index contributed by atoms with van der Waals surface area (Å²) in [6, 6.07) is 6.30. The summed E-state index contributed by atoms with van der Waals surface area (Å²) in [5.41, 5.74) is 24.7. The Labute approximate surface area is 374 Å². The molecule has 1 aromatic carbocycles. The van der Waals surface area contributed by atoms with Gasteiger partial charge in [0.05, 0.1) is 43.4 Å². The van der Waals surface area contributed by atoms with Crippen molar-refractivity contribution in [3.8, 4) is 17.6 Å². The summed E-state index contributed by atoms with van der Waals surface area (Å²) < 4.78 is 74.2. The number of fused-ring (bicyclic) bond motifs is 1. The number of nitrogens with two attached hydrogens (primary N) is 1. The number of Topliss-reactive ketones (excluding diaryl/α,β-unsaturated/α-hetero) is 1. The number of rotatable bonds is 27. The normalized spacial score (nSPS) is 18.0. The summed E-state index contributed by atoms with van der Waals surface area (Å²) in [4.78, 5) is 87.3. The number of benzene rings is 1. The summed E-state index contributed by atoms with van der Waals surface area (Å²) in [6.07, 6.45) is -0.746. The second-order valence-corrected chi connectivity index (χ2v) is 19.3. The number of anilines is 1. The molecular formula is C34H45N12O17P3. The molecule has 1 fully saturated rings. The van der Waals surface area contributed by atoms with Gasteiger partial charge < -0.3 is 69.0 Å². The van der Waals surface area contributed by atoms with Crippen LogP contribution in [-0.2, 0) is 51.1 Å². The number of nitrogens with zero attached hydrogens (tertiary/aromatic N) is 9. The number of hydrogen-bond donors (Lipinski definition) is 7. The predicted octanol–water partition coefficient (Wildman–Crippen LogP) is 2.72. The Bertz CT molecular complexity index is 2500. The Morgan fingerprint density at radius 2 is 1.91 bits per heavy atom. The van der Waals surface area contributed by atoms with Crippen LogP contribution in [0.3, 0.4) is 0 Å². The molecule has 29 nitrogen and oxygen atoms in total. The molecule has 0 saturated carbocycles. The van der Waals surface area contributed by atoms with Crippen LogP contribution in [-0.4, -0.2) is 129 Å². The molecule has 4 rings (SSSR count). The molecule has 2 aromatic heterocycles. The van der Waals surface area contributed by atoms with Crippen molar-refractivity contribution in [1.82, 2.24) is 25.2 Å². The third-order valence-corrected chi connectivity index (χ3v) is 13.8. The highest BCUT2D eigenvalue weighted by atomic mass is 31.3. The molecule has 2 amide bonds. The number of azide groups is 2. The first-order chi connectivity index (χ1) is 31.3. The quantitative estimate of drug-likeness (QED) is 0.0144. The van der Waals surface area contributed by atoms with Gasteiger partial charge in [-0.1, -0.05) is 28.1 Å². The van der Waals surface area contributed by atoms with Crippen LogP contribution in [0.4, 0.5) is 5.82 Å². The van der Waals surface area contributed by atoms with Gasteiger partial charge in [-0.15, -0.1) is 0 Å². The largest absolute Gasteiger partial charge is 0.491 e. The number of ether oxygens (including phenoxy) is 5. The molecule has 358 valence electrons. The van der Waals surface area contributed by atoms with Crippen molar-refractivity contribution in [2.45, 2.75) is 50.8 Å². The smallest absolute Gasteiger partial charge is 0.479 e. The highest BCUT2D eigenvalue weighted by molar-refractivity contribution is 7.73. The summed E-state index contributed by atoms with van der Waals surface area (Å²) in [5.74, 6) is 3.39. The third kappa shape index (κ3) is 18.1. The van der Waals surface area contributed by atoms with Crippen LogP contribution in [0.15, 0.2) is 47.0 Å². The van der Waals surface area contributed by atoms with Gasteiger partial charge >= 0.3 is 23.0 Å². The minimum atomic E-state index is -5.41. The fourth-order valence-corrected chi connectivity index (χ4v) is 10.2. The van der Waals surface area contributed by atoms with Crippen molar-refractivity contribution in [2.24, 2.45) is 10.2 Å². The van der Waals surface area contributed by atoms with Crippen LogP contribution in [0.25, 0.3) is 31.9 Å². The molecule has 32 heteroatoms. The van der Waals surface area contributed by atoms with Crippen molar-refractivity contribution < 1.29 is 80.2 Å². The monoisotopic (exact) mass is 986 g/mol. The van der Waals surface area contributed by atoms with Crippen LogP contribution in [0.2, 0.25) is 0 Å². The fourth-order valence-electron chi connectivity index (χ4n) is 5.83. The molecule has 6 unspecified atom stereocenters. The lowest BCUT2D eigenvalue weighted by atomic mass is 10.2. The van der Waals surface area contributed by atoms with Crippen LogP contribution in [0, 0.1) is 11.8 Å². The van der Waals surface area contributed by atoms with E-state index >= 15 is 0 Å². The Balaban J connectivity index is 1.28. The van der Waals surface area contributed by atoms with E-state index in [1.807, 2.05) is 0 Å². The highest BCUT2D eigenvalue weighted by Crippen LogP contribution is 2.65. The lowest BCUT2D eigenvalue weighted by Gasteiger charge is -2.21. The number of nitrogens with one attached hydrogen (secondary N) is 2. The zero-order chi connectivity index (χ0) is 48.3. The molecule has 6 atom stereocenters. The van der Waals surface area contributed by atoms with Crippen molar-refractivity contribution in [3.63, 3.8) is 0 Å². The number of hydrogen-bond acceptors (Lipinski definition) is 18. The highest BCUT2D eigenvalue weighted by Gasteiger charge is 2.43. The SMILES string of the molecule is CC(=O)CCCNC(=O)c1cccc(OCC(N=[N+]=[N-])OCCOCC(=O)NCC#Cc2cn(C3CC(OCN=[N+]=[N-])C(COP(=O)(O)OP(=O)(O)CP(=O)(O)O)O3)c3ncnc(N)c23)c1. The van der Waals surface area contributed by atoms with Crippen molar-refractivity contribution in [3.05, 3.63) is 68.8 Å². The number of amides is 2. The van der Waals surface area contributed by atoms with Gasteiger partial charge in [-0.2, -0.15) is 0 Å². The van der Waals surface area contributed by atoms with Gasteiger partial charge in [0.2, 0.25) is 5.91 Å². The zero-order valence-electron chi connectivity index (χ0n) is 34.8. The lowest BCUT2D eigenvalue weighted by Crippen LogP contribution is -2.29. The Hall–Kier alpha value is -5.48. The van der Waals surface area contributed by atoms with Crippen molar-refractivity contribution in [2.75, 3.05) is 64.5 Å². The average molecular weight is 987 g/mol. The second-order valence-electron chi connectivity index (χ2n) is 13.7. The fraction of sp³-hybridized carbons (Fsp3) is 0.500. The molecule has 1 saturated heterocycles. The minimum Gasteiger partial charge on any atom is -0.491 e. The molecule has 8 N–H and O–H groups in total. The van der Waals surface area contributed by atoms with Crippen LogP contribution < -0.4 is 21.1 Å². The van der Waals surface area contributed by atoms with Crippen LogP contribution in [0.5, 0.6) is 5.75 Å². The Morgan fingerprint density at radius 1 is 1.12 bits per heavy atom. The first-order valence-electron chi connectivity index (χ1n) is 19.2. The molecule has 0 radical (unpaired) electrons. The number of aromatic nitrogens is 3. The van der Waals surface area contributed by atoms with E-state index in [2.05, 4.69) is 56.8 Å². The Kier molecular flexibility index (Phi) is 20.5. The van der Waals surface area contributed by atoms with E-state index in [9.17, 15) is 37.9 Å². The second kappa shape index (κ2) is 25.4. The maximum Gasteiger partial charge on any atom is 0.479 e. The standard InChI is InChI=1S/C34H45N12O17P3/c1-22(47)5-3-10-39-34(49)23-6-2-8-25(13-23)59-18-29(43-45-37)58-12-11-57-17-28(48)38-9-4-7-24-15-46(33-31(24)32(35)40-19-41-33)30-14-26(60-20-42-44-36)27(62-30)16-61-66(55,56)63-65(53,54)21-64(50,51)52/h2,6,8,13,15,19,26-27,29-30H,3,5,9-12,14,16-18,20-21H2,1H3,(H,38,48)(H,39,49)(H,53,54)(H,55,56)(H2,35,40,41)(H2,50,51,52). The van der Waals surface area contributed by atoms with Crippen LogP contribution in [0.1, 0.15) is 48.3 Å². The van der Waals surface area contributed by atoms with Gasteiger partial charge in [0, 0.05) is 41.0 Å². The summed E-state index contributed by atoms with van der Waals surface area (Å²) in [6.45, 7) is -0.398. The maximum absolute atomic E-state index is 12.5. The topological polar surface area (TPSA) is 426 Å². The average Bonchev–Trinajstić information content (AvgIpc) is 3.82. The molecule has 0 aliphatic carbocycles. The van der Waals surface area contributed by atoms with E-state index in [1.54, 1.807) is 18.2 Å². The number of phosphoric ester groups is 1. The summed E-state index contributed by atoms with van der Waals surface area (Å²) >= 11 is 0. The number of phosphoric acid groups is 1. The zero-order valence-corrected chi connectivity index (χ0v) is 37.5. The minimum absolute atomic E-state index is 0.0222. The molecule has 66 heavy (non-hydrogen) atoms. The molecule has 0 spiro atoms. The number of nitrogen functional groups attached to an aromatic ring is 1. The maximum atomic E-state index is 12.5. The molecule has 3 heterocycles. The van der Waals surface area contributed by atoms with E-state index in [0.29, 0.717) is 41.6 Å². The van der Waals surface area contributed by atoms with Crippen molar-refractivity contribution >= 4 is 57.5 Å². The predicted molar refractivity (Wildman–Crippen MR) is 227 cm³/mol. The third-order valence-electron chi connectivity index (χ3n) is 8.56. The first kappa shape index (κ1) is 53.1. The van der Waals surface area contributed by atoms with Gasteiger partial charge in [-0.3, -0.25) is 23.2 Å². The van der Waals surface area contributed by atoms with E-state index in [-0.39, 0.29) is 62.5 Å². The number of carbonyl (C=O) groups is 3. The van der Waals surface area contributed by atoms with E-state index < -0.39 is 72.8 Å². The molecule has 1 aliphatic heterocycles. The molecule has 3 aromatic rings. The van der Waals surface area contributed by atoms with Gasteiger partial charge in [-0.05, 0) is 42.6 Å². The van der Waals surface area contributed by atoms with E-state index in [4.69, 9.17) is 54.8 Å². The summed E-state index contributed by atoms with van der Waals surface area (Å²) in [7, 11) is -15.9. The molecule has 1 aliphatic rings.